The SMILES string of the molecule is COc1ccc(C(=O)Nc2ccccc2-c2nc3c([nH]2)=CCC=CN=3)cc1C(F)(F)F. The molecule has 0 unspecified atom stereocenters. The molecule has 0 bridgehead atoms. The van der Waals surface area contributed by atoms with Crippen molar-refractivity contribution < 1.29 is 22.7 Å². The number of ether oxygens (including phenoxy) is 1. The third-order valence-electron chi connectivity index (χ3n) is 4.67. The van der Waals surface area contributed by atoms with E-state index in [-0.39, 0.29) is 11.3 Å². The molecule has 1 amide bonds. The van der Waals surface area contributed by atoms with Gasteiger partial charge in [-0.2, -0.15) is 13.2 Å². The maximum absolute atomic E-state index is 13.3. The lowest BCUT2D eigenvalue weighted by Gasteiger charge is -2.14. The normalized spacial score (nSPS) is 12.9. The smallest absolute Gasteiger partial charge is 0.419 e. The van der Waals surface area contributed by atoms with Crippen LogP contribution in [0.3, 0.4) is 0 Å². The summed E-state index contributed by atoms with van der Waals surface area (Å²) in [4.78, 5) is 24.6. The number of aromatic nitrogens is 2. The Kier molecular flexibility index (Phi) is 5.33. The van der Waals surface area contributed by atoms with Crippen molar-refractivity contribution in [3.63, 3.8) is 0 Å². The fourth-order valence-corrected chi connectivity index (χ4v) is 3.18. The van der Waals surface area contributed by atoms with Crippen LogP contribution in [-0.4, -0.2) is 23.0 Å². The summed E-state index contributed by atoms with van der Waals surface area (Å²) >= 11 is 0. The molecule has 4 rings (SSSR count). The quantitative estimate of drug-likeness (QED) is 0.668. The van der Waals surface area contributed by atoms with Gasteiger partial charge in [0.2, 0.25) is 0 Å². The van der Waals surface area contributed by atoms with E-state index in [0.29, 0.717) is 29.0 Å². The van der Waals surface area contributed by atoms with Gasteiger partial charge in [0.1, 0.15) is 11.6 Å². The van der Waals surface area contributed by atoms with Gasteiger partial charge in [-0.05, 0) is 36.8 Å². The van der Waals surface area contributed by atoms with Crippen LogP contribution < -0.4 is 20.9 Å². The lowest BCUT2D eigenvalue weighted by molar-refractivity contribution is -0.138. The number of carbonyl (C=O) groups excluding carboxylic acids is 1. The molecule has 6 nitrogen and oxygen atoms in total. The van der Waals surface area contributed by atoms with Gasteiger partial charge in [0.05, 0.1) is 23.7 Å². The number of alkyl halides is 3. The number of imidazole rings is 1. The molecule has 0 radical (unpaired) electrons. The van der Waals surface area contributed by atoms with E-state index >= 15 is 0 Å². The predicted octanol–water partition coefficient (Wildman–Crippen LogP) is 3.67. The summed E-state index contributed by atoms with van der Waals surface area (Å²) in [5.74, 6) is -0.551. The number of aromatic amines is 1. The van der Waals surface area contributed by atoms with Gasteiger partial charge in [-0.1, -0.05) is 24.3 Å². The van der Waals surface area contributed by atoms with E-state index in [1.54, 1.807) is 30.5 Å². The monoisotopic (exact) mass is 426 g/mol. The summed E-state index contributed by atoms with van der Waals surface area (Å²) < 4.78 is 44.6. The first kappa shape index (κ1) is 20.4. The van der Waals surface area contributed by atoms with Gasteiger partial charge in [-0.3, -0.25) is 4.79 Å². The van der Waals surface area contributed by atoms with E-state index < -0.39 is 17.6 Å². The van der Waals surface area contributed by atoms with Crippen molar-refractivity contribution in [2.45, 2.75) is 12.6 Å². The second-order valence-electron chi connectivity index (χ2n) is 6.69. The fraction of sp³-hybridized carbons (Fsp3) is 0.136. The number of nitrogens with zero attached hydrogens (tertiary/aromatic N) is 2. The summed E-state index contributed by atoms with van der Waals surface area (Å²) in [7, 11) is 1.14. The minimum atomic E-state index is -4.65. The number of methoxy groups -OCH3 is 1. The van der Waals surface area contributed by atoms with Crippen molar-refractivity contribution >= 4 is 17.7 Å². The molecule has 3 aromatic rings. The van der Waals surface area contributed by atoms with Crippen LogP contribution in [0.25, 0.3) is 17.5 Å². The molecule has 1 aromatic heterocycles. The highest BCUT2D eigenvalue weighted by Gasteiger charge is 2.35. The van der Waals surface area contributed by atoms with Crippen LogP contribution in [0.15, 0.2) is 59.7 Å². The minimum absolute atomic E-state index is 0.147. The number of benzene rings is 2. The number of anilines is 1. The molecule has 2 aromatic carbocycles. The van der Waals surface area contributed by atoms with Crippen molar-refractivity contribution in [1.82, 2.24) is 9.97 Å². The summed E-state index contributed by atoms with van der Waals surface area (Å²) in [6, 6.07) is 10.1. The standard InChI is InChI=1S/C22H17F3N4O2/c1-31-18-10-9-13(12-15(18)22(23,24)25)21(30)28-16-7-3-2-6-14(16)19-27-17-8-4-5-11-26-20(17)29-19/h2-3,5-12H,4H2,1H3,(H,28,30)(H,26,27,29). The molecule has 0 fully saturated rings. The van der Waals surface area contributed by atoms with E-state index in [2.05, 4.69) is 20.3 Å². The van der Waals surface area contributed by atoms with Crippen molar-refractivity contribution in [3.05, 3.63) is 76.7 Å². The Bertz CT molecular complexity index is 1290. The number of allylic oxidation sites excluding steroid dienone is 1. The third-order valence-corrected chi connectivity index (χ3v) is 4.67. The third kappa shape index (κ3) is 4.20. The topological polar surface area (TPSA) is 79.4 Å². The second kappa shape index (κ2) is 8.10. The molecule has 1 aliphatic rings. The Hall–Kier alpha value is -3.88. The van der Waals surface area contributed by atoms with Crippen molar-refractivity contribution in [2.24, 2.45) is 4.99 Å². The molecule has 31 heavy (non-hydrogen) atoms. The molecule has 0 saturated heterocycles. The molecule has 2 N–H and O–H groups in total. The number of nitrogens with one attached hydrogen (secondary N) is 2. The summed E-state index contributed by atoms with van der Waals surface area (Å²) in [6.07, 6.45) is 1.56. The zero-order valence-corrected chi connectivity index (χ0v) is 16.3. The maximum atomic E-state index is 13.3. The zero-order chi connectivity index (χ0) is 22.0. The van der Waals surface area contributed by atoms with E-state index in [0.717, 1.165) is 24.6 Å². The molecular formula is C22H17F3N4O2. The van der Waals surface area contributed by atoms with Gasteiger partial charge in [0, 0.05) is 17.3 Å². The minimum Gasteiger partial charge on any atom is -0.496 e. The Morgan fingerprint density at radius 1 is 1.19 bits per heavy atom. The van der Waals surface area contributed by atoms with Gasteiger partial charge in [0.15, 0.2) is 5.49 Å². The Labute approximate surface area is 174 Å². The van der Waals surface area contributed by atoms with Crippen molar-refractivity contribution in [3.8, 4) is 17.1 Å². The van der Waals surface area contributed by atoms with Crippen LogP contribution in [0.2, 0.25) is 0 Å². The lowest BCUT2D eigenvalue weighted by atomic mass is 10.1. The van der Waals surface area contributed by atoms with Gasteiger partial charge in [-0.15, -0.1) is 0 Å². The van der Waals surface area contributed by atoms with Gasteiger partial charge in [-0.25, -0.2) is 9.98 Å². The van der Waals surface area contributed by atoms with Crippen molar-refractivity contribution in [2.75, 3.05) is 12.4 Å². The van der Waals surface area contributed by atoms with Crippen LogP contribution in [-0.2, 0) is 6.18 Å². The van der Waals surface area contributed by atoms with Gasteiger partial charge < -0.3 is 15.0 Å². The highest BCUT2D eigenvalue weighted by atomic mass is 19.4. The molecule has 158 valence electrons. The van der Waals surface area contributed by atoms with E-state index in [1.165, 1.54) is 6.07 Å². The van der Waals surface area contributed by atoms with Crippen LogP contribution in [0.1, 0.15) is 22.3 Å². The lowest BCUT2D eigenvalue weighted by Crippen LogP contribution is -2.23. The van der Waals surface area contributed by atoms with Crippen molar-refractivity contribution in [1.29, 1.82) is 0 Å². The van der Waals surface area contributed by atoms with E-state index in [1.807, 2.05) is 12.2 Å². The highest BCUT2D eigenvalue weighted by Crippen LogP contribution is 2.37. The summed E-state index contributed by atoms with van der Waals surface area (Å²) in [6.45, 7) is 0. The maximum Gasteiger partial charge on any atom is 0.419 e. The first-order valence-corrected chi connectivity index (χ1v) is 9.32. The first-order valence-electron chi connectivity index (χ1n) is 9.32. The number of hydrogen-bond donors (Lipinski definition) is 2. The molecule has 0 saturated carbocycles. The highest BCUT2D eigenvalue weighted by molar-refractivity contribution is 6.06. The van der Waals surface area contributed by atoms with Crippen LogP contribution in [0.5, 0.6) is 5.75 Å². The second-order valence-corrected chi connectivity index (χ2v) is 6.69. The first-order chi connectivity index (χ1) is 14.9. The number of carbonyl (C=O) groups is 1. The van der Waals surface area contributed by atoms with Crippen LogP contribution in [0, 0.1) is 0 Å². The summed E-state index contributed by atoms with van der Waals surface area (Å²) in [5.41, 5.74) is 0.342. The molecule has 0 atom stereocenters. The molecule has 2 heterocycles. The molecule has 9 heteroatoms. The molecule has 0 spiro atoms. The fourth-order valence-electron chi connectivity index (χ4n) is 3.18. The number of halogens is 3. The number of para-hydroxylation sites is 1. The number of amides is 1. The molecule has 1 aliphatic heterocycles. The Morgan fingerprint density at radius 2 is 2.00 bits per heavy atom. The van der Waals surface area contributed by atoms with Gasteiger partial charge in [0.25, 0.3) is 5.91 Å². The van der Waals surface area contributed by atoms with Crippen LogP contribution >= 0.6 is 0 Å². The molecule has 0 aliphatic carbocycles. The van der Waals surface area contributed by atoms with Crippen LogP contribution in [0.4, 0.5) is 18.9 Å². The number of rotatable bonds is 4. The average molecular weight is 426 g/mol. The zero-order valence-electron chi connectivity index (χ0n) is 16.3. The Morgan fingerprint density at radius 3 is 2.77 bits per heavy atom. The largest absolute Gasteiger partial charge is 0.496 e. The number of fused-ring (bicyclic) bond motifs is 1. The Balaban J connectivity index is 1.69. The summed E-state index contributed by atoms with van der Waals surface area (Å²) in [5, 5.41) is 3.43. The number of H-pyrrole nitrogens is 1. The van der Waals surface area contributed by atoms with E-state index in [4.69, 9.17) is 4.74 Å². The predicted molar refractivity (Wildman–Crippen MR) is 109 cm³/mol. The van der Waals surface area contributed by atoms with E-state index in [9.17, 15) is 18.0 Å². The molecular weight excluding hydrogens is 409 g/mol. The number of hydrogen-bond acceptors (Lipinski definition) is 4. The average Bonchev–Trinajstić information content (AvgIpc) is 3.03. The van der Waals surface area contributed by atoms with Gasteiger partial charge >= 0.3 is 6.18 Å².